The fraction of sp³-hybridized carbons (Fsp3) is 0.438. The van der Waals surface area contributed by atoms with Gasteiger partial charge >= 0.3 is 0 Å². The molecule has 1 aromatic carbocycles. The molecule has 0 saturated heterocycles. The van der Waals surface area contributed by atoms with E-state index in [0.29, 0.717) is 17.3 Å². The second-order valence-electron chi connectivity index (χ2n) is 5.15. The summed E-state index contributed by atoms with van der Waals surface area (Å²) in [6.45, 7) is 6.41. The number of hydrogen-bond acceptors (Lipinski definition) is 3. The number of aliphatic hydroxyl groups excluding tert-OH is 1. The van der Waals surface area contributed by atoms with Gasteiger partial charge in [0.15, 0.2) is 0 Å². The molecule has 1 aromatic heterocycles. The molecule has 21 heavy (non-hydrogen) atoms. The Labute approximate surface area is 130 Å². The zero-order valence-electron chi connectivity index (χ0n) is 12.5. The van der Waals surface area contributed by atoms with E-state index < -0.39 is 12.2 Å². The highest BCUT2D eigenvalue weighted by molar-refractivity contribution is 6.31. The Morgan fingerprint density at radius 2 is 1.95 bits per heavy atom. The van der Waals surface area contributed by atoms with Crippen LogP contribution in [0, 0.1) is 0 Å². The first-order valence-electron chi connectivity index (χ1n) is 7.13. The standard InChI is InChI=1S/C16H21ClN2O2/c1-4-21-16(12-8-6-5-7-9-12)15(20)14-13(17)10-18-19(14)11(2)3/h5-11,15-16,20H,4H2,1-3H3. The number of hydrogen-bond donors (Lipinski definition) is 1. The van der Waals surface area contributed by atoms with Crippen LogP contribution in [0.3, 0.4) is 0 Å². The van der Waals surface area contributed by atoms with E-state index in [1.807, 2.05) is 51.1 Å². The van der Waals surface area contributed by atoms with E-state index in [9.17, 15) is 5.11 Å². The lowest BCUT2D eigenvalue weighted by Crippen LogP contribution is -2.19. The molecular weight excluding hydrogens is 288 g/mol. The largest absolute Gasteiger partial charge is 0.384 e. The van der Waals surface area contributed by atoms with Crippen molar-refractivity contribution >= 4 is 11.6 Å². The highest BCUT2D eigenvalue weighted by Crippen LogP contribution is 2.36. The highest BCUT2D eigenvalue weighted by atomic mass is 35.5. The van der Waals surface area contributed by atoms with Crippen LogP contribution < -0.4 is 0 Å². The van der Waals surface area contributed by atoms with Crippen LogP contribution in [-0.4, -0.2) is 21.5 Å². The van der Waals surface area contributed by atoms with Gasteiger partial charge in [0.25, 0.3) is 0 Å². The smallest absolute Gasteiger partial charge is 0.127 e. The summed E-state index contributed by atoms with van der Waals surface area (Å²) in [6.07, 6.45) is 0.223. The summed E-state index contributed by atoms with van der Waals surface area (Å²) in [5, 5.41) is 15.5. The molecule has 0 saturated carbocycles. The van der Waals surface area contributed by atoms with Crippen LogP contribution in [0.4, 0.5) is 0 Å². The average Bonchev–Trinajstić information content (AvgIpc) is 2.87. The van der Waals surface area contributed by atoms with Gasteiger partial charge in [-0.05, 0) is 26.3 Å². The monoisotopic (exact) mass is 308 g/mol. The Bertz CT molecular complexity index is 569. The van der Waals surface area contributed by atoms with Crippen molar-refractivity contribution < 1.29 is 9.84 Å². The van der Waals surface area contributed by atoms with Crippen molar-refractivity contribution in [3.05, 3.63) is 52.8 Å². The summed E-state index contributed by atoms with van der Waals surface area (Å²) in [6, 6.07) is 9.77. The molecular formula is C16H21ClN2O2. The third kappa shape index (κ3) is 3.46. The van der Waals surface area contributed by atoms with Gasteiger partial charge in [-0.2, -0.15) is 5.10 Å². The van der Waals surface area contributed by atoms with Crippen LogP contribution in [0.25, 0.3) is 0 Å². The van der Waals surface area contributed by atoms with Gasteiger partial charge in [0.2, 0.25) is 0 Å². The molecule has 1 heterocycles. The zero-order chi connectivity index (χ0) is 15.4. The van der Waals surface area contributed by atoms with Crippen LogP contribution in [0.15, 0.2) is 36.5 Å². The van der Waals surface area contributed by atoms with Gasteiger partial charge in [-0.3, -0.25) is 4.68 Å². The SMILES string of the molecule is CCOC(c1ccccc1)C(O)c1c(Cl)cnn1C(C)C. The van der Waals surface area contributed by atoms with Crippen molar-refractivity contribution in [1.29, 1.82) is 0 Å². The minimum atomic E-state index is -0.871. The fourth-order valence-electron chi connectivity index (χ4n) is 2.37. The molecule has 2 atom stereocenters. The Kier molecular flexibility index (Phi) is 5.39. The second-order valence-corrected chi connectivity index (χ2v) is 5.55. The predicted octanol–water partition coefficient (Wildman–Crippen LogP) is 3.93. The van der Waals surface area contributed by atoms with E-state index in [0.717, 1.165) is 5.56 Å². The molecule has 2 rings (SSSR count). The summed E-state index contributed by atoms with van der Waals surface area (Å²) in [4.78, 5) is 0. The Morgan fingerprint density at radius 3 is 2.52 bits per heavy atom. The molecule has 0 spiro atoms. The summed E-state index contributed by atoms with van der Waals surface area (Å²) in [5.74, 6) is 0. The maximum atomic E-state index is 10.8. The van der Waals surface area contributed by atoms with E-state index in [1.165, 1.54) is 0 Å². The maximum Gasteiger partial charge on any atom is 0.127 e. The van der Waals surface area contributed by atoms with Gasteiger partial charge in [0.1, 0.15) is 12.2 Å². The third-order valence-electron chi connectivity index (χ3n) is 3.32. The highest BCUT2D eigenvalue weighted by Gasteiger charge is 2.29. The van der Waals surface area contributed by atoms with Crippen molar-refractivity contribution in [1.82, 2.24) is 9.78 Å². The van der Waals surface area contributed by atoms with Gasteiger partial charge in [0.05, 0.1) is 16.9 Å². The molecule has 1 N–H and O–H groups in total. The third-order valence-corrected chi connectivity index (χ3v) is 3.61. The lowest BCUT2D eigenvalue weighted by molar-refractivity contribution is -0.0401. The van der Waals surface area contributed by atoms with Gasteiger partial charge in [-0.15, -0.1) is 0 Å². The zero-order valence-corrected chi connectivity index (χ0v) is 13.3. The molecule has 0 aliphatic carbocycles. The van der Waals surface area contributed by atoms with Crippen molar-refractivity contribution in [2.75, 3.05) is 6.61 Å². The fourth-order valence-corrected chi connectivity index (χ4v) is 2.62. The van der Waals surface area contributed by atoms with Crippen LogP contribution in [0.5, 0.6) is 0 Å². The van der Waals surface area contributed by atoms with E-state index in [2.05, 4.69) is 5.10 Å². The topological polar surface area (TPSA) is 47.3 Å². The molecule has 0 bridgehead atoms. The number of aliphatic hydroxyl groups is 1. The van der Waals surface area contributed by atoms with Crippen molar-refractivity contribution in [3.63, 3.8) is 0 Å². The van der Waals surface area contributed by atoms with E-state index in [1.54, 1.807) is 10.9 Å². The molecule has 0 fully saturated rings. The quantitative estimate of drug-likeness (QED) is 0.879. The molecule has 4 nitrogen and oxygen atoms in total. The number of aromatic nitrogens is 2. The second kappa shape index (κ2) is 7.07. The summed E-state index contributed by atoms with van der Waals surface area (Å²) in [7, 11) is 0. The number of nitrogens with zero attached hydrogens (tertiary/aromatic N) is 2. The Morgan fingerprint density at radius 1 is 1.29 bits per heavy atom. The minimum Gasteiger partial charge on any atom is -0.384 e. The maximum absolute atomic E-state index is 10.8. The first-order chi connectivity index (χ1) is 10.1. The normalized spacial score (nSPS) is 14.4. The molecule has 0 aliphatic rings. The molecule has 2 unspecified atom stereocenters. The van der Waals surface area contributed by atoms with E-state index in [4.69, 9.17) is 16.3 Å². The van der Waals surface area contributed by atoms with Gasteiger partial charge in [-0.1, -0.05) is 41.9 Å². The van der Waals surface area contributed by atoms with Crippen LogP contribution in [0.2, 0.25) is 5.02 Å². The van der Waals surface area contributed by atoms with Crippen LogP contribution in [0.1, 0.15) is 50.3 Å². The summed E-state index contributed by atoms with van der Waals surface area (Å²) < 4.78 is 7.49. The summed E-state index contributed by atoms with van der Waals surface area (Å²) >= 11 is 6.22. The number of rotatable bonds is 6. The molecule has 0 aliphatic heterocycles. The molecule has 114 valence electrons. The van der Waals surface area contributed by atoms with E-state index in [-0.39, 0.29) is 6.04 Å². The lowest BCUT2D eigenvalue weighted by Gasteiger charge is -2.25. The number of ether oxygens (including phenoxy) is 1. The average molecular weight is 309 g/mol. The first-order valence-corrected chi connectivity index (χ1v) is 7.51. The molecule has 5 heteroatoms. The molecule has 2 aromatic rings. The Hall–Kier alpha value is -1.36. The van der Waals surface area contributed by atoms with Gasteiger partial charge in [0, 0.05) is 12.6 Å². The number of halogens is 1. The molecule has 0 radical (unpaired) electrons. The Balaban J connectivity index is 2.40. The molecule has 0 amide bonds. The minimum absolute atomic E-state index is 0.111. The van der Waals surface area contributed by atoms with Gasteiger partial charge < -0.3 is 9.84 Å². The van der Waals surface area contributed by atoms with E-state index >= 15 is 0 Å². The van der Waals surface area contributed by atoms with Crippen LogP contribution >= 0.6 is 11.6 Å². The lowest BCUT2D eigenvalue weighted by atomic mass is 10.0. The van der Waals surface area contributed by atoms with Crippen molar-refractivity contribution in [3.8, 4) is 0 Å². The van der Waals surface area contributed by atoms with Crippen molar-refractivity contribution in [2.24, 2.45) is 0 Å². The van der Waals surface area contributed by atoms with Gasteiger partial charge in [-0.25, -0.2) is 0 Å². The van der Waals surface area contributed by atoms with Crippen molar-refractivity contribution in [2.45, 2.75) is 39.0 Å². The summed E-state index contributed by atoms with van der Waals surface area (Å²) in [5.41, 5.74) is 1.51. The number of benzene rings is 1. The predicted molar refractivity (Wildman–Crippen MR) is 83.4 cm³/mol. The first kappa shape index (κ1) is 16.0. The van der Waals surface area contributed by atoms with Crippen LogP contribution in [-0.2, 0) is 4.74 Å².